The van der Waals surface area contributed by atoms with Crippen molar-refractivity contribution in [3.8, 4) is 17.2 Å². The van der Waals surface area contributed by atoms with Gasteiger partial charge < -0.3 is 14.8 Å². The lowest BCUT2D eigenvalue weighted by Gasteiger charge is -2.13. The van der Waals surface area contributed by atoms with Crippen molar-refractivity contribution in [1.82, 2.24) is 25.5 Å². The maximum Gasteiger partial charge on any atom is 0.173 e. The Kier molecular flexibility index (Phi) is 4.52. The SMILES string of the molecule is CCNC(C)c1nnnn1-c1cc(OC)cc(OC)c1. The Morgan fingerprint density at radius 2 is 1.85 bits per heavy atom. The Hall–Kier alpha value is -2.15. The Labute approximate surface area is 117 Å². The average molecular weight is 277 g/mol. The summed E-state index contributed by atoms with van der Waals surface area (Å²) in [6.45, 7) is 4.90. The summed E-state index contributed by atoms with van der Waals surface area (Å²) in [5.41, 5.74) is 0.797. The van der Waals surface area contributed by atoms with Gasteiger partial charge in [0.25, 0.3) is 0 Å². The number of rotatable bonds is 6. The van der Waals surface area contributed by atoms with Crippen LogP contribution in [0.3, 0.4) is 0 Å². The van der Waals surface area contributed by atoms with E-state index in [1.165, 1.54) is 0 Å². The molecule has 1 N–H and O–H groups in total. The first-order valence-electron chi connectivity index (χ1n) is 6.44. The van der Waals surface area contributed by atoms with Crippen molar-refractivity contribution in [3.63, 3.8) is 0 Å². The third kappa shape index (κ3) is 2.88. The van der Waals surface area contributed by atoms with Crippen LogP contribution in [0.1, 0.15) is 25.7 Å². The standard InChI is InChI=1S/C13H19N5O2/c1-5-14-9(2)13-15-16-17-18(13)10-6-11(19-3)8-12(7-10)20-4/h6-9,14H,5H2,1-4H3. The molecule has 0 saturated carbocycles. The molecule has 0 fully saturated rings. The largest absolute Gasteiger partial charge is 0.497 e. The van der Waals surface area contributed by atoms with Crippen molar-refractivity contribution in [2.75, 3.05) is 20.8 Å². The van der Waals surface area contributed by atoms with Crippen molar-refractivity contribution < 1.29 is 9.47 Å². The average Bonchev–Trinajstić information content (AvgIpc) is 2.96. The van der Waals surface area contributed by atoms with E-state index in [0.717, 1.165) is 18.1 Å². The zero-order valence-corrected chi connectivity index (χ0v) is 12.1. The molecule has 7 nitrogen and oxygen atoms in total. The zero-order chi connectivity index (χ0) is 14.5. The molecular weight excluding hydrogens is 258 g/mol. The van der Waals surface area contributed by atoms with Crippen LogP contribution in [-0.4, -0.2) is 41.0 Å². The molecule has 0 bridgehead atoms. The van der Waals surface area contributed by atoms with Crippen molar-refractivity contribution >= 4 is 0 Å². The van der Waals surface area contributed by atoms with Gasteiger partial charge in [-0.3, -0.25) is 0 Å². The van der Waals surface area contributed by atoms with Crippen LogP contribution in [0.4, 0.5) is 0 Å². The Morgan fingerprint density at radius 3 is 2.40 bits per heavy atom. The van der Waals surface area contributed by atoms with Gasteiger partial charge in [0.15, 0.2) is 5.82 Å². The maximum absolute atomic E-state index is 5.27. The fraction of sp³-hybridized carbons (Fsp3) is 0.462. The summed E-state index contributed by atoms with van der Waals surface area (Å²) in [6.07, 6.45) is 0. The molecule has 1 heterocycles. The highest BCUT2D eigenvalue weighted by atomic mass is 16.5. The number of hydrogen-bond donors (Lipinski definition) is 1. The van der Waals surface area contributed by atoms with Crippen LogP contribution < -0.4 is 14.8 Å². The topological polar surface area (TPSA) is 74.1 Å². The lowest BCUT2D eigenvalue weighted by Crippen LogP contribution is -2.21. The molecule has 0 aliphatic rings. The molecule has 0 aliphatic carbocycles. The molecule has 7 heteroatoms. The molecule has 20 heavy (non-hydrogen) atoms. The number of methoxy groups -OCH3 is 2. The molecule has 1 aromatic heterocycles. The number of benzene rings is 1. The van der Waals surface area contributed by atoms with E-state index >= 15 is 0 Å². The number of nitrogens with one attached hydrogen (secondary N) is 1. The van der Waals surface area contributed by atoms with Gasteiger partial charge >= 0.3 is 0 Å². The summed E-state index contributed by atoms with van der Waals surface area (Å²) in [7, 11) is 3.22. The molecule has 0 aliphatic heterocycles. The fourth-order valence-electron chi connectivity index (χ4n) is 1.96. The van der Waals surface area contributed by atoms with E-state index in [9.17, 15) is 0 Å². The zero-order valence-electron chi connectivity index (χ0n) is 12.1. The quantitative estimate of drug-likeness (QED) is 0.859. The van der Waals surface area contributed by atoms with Crippen LogP contribution in [0.15, 0.2) is 18.2 Å². The Morgan fingerprint density at radius 1 is 1.20 bits per heavy atom. The van der Waals surface area contributed by atoms with E-state index < -0.39 is 0 Å². The van der Waals surface area contributed by atoms with Gasteiger partial charge in [0.1, 0.15) is 11.5 Å². The molecule has 1 unspecified atom stereocenters. The second kappa shape index (κ2) is 6.33. The molecule has 2 aromatic rings. The van der Waals surface area contributed by atoms with Gasteiger partial charge in [-0.2, -0.15) is 4.68 Å². The van der Waals surface area contributed by atoms with Crippen LogP contribution in [0.5, 0.6) is 11.5 Å². The van der Waals surface area contributed by atoms with Crippen molar-refractivity contribution in [3.05, 3.63) is 24.0 Å². The lowest BCUT2D eigenvalue weighted by molar-refractivity contribution is 0.393. The minimum Gasteiger partial charge on any atom is -0.497 e. The first kappa shape index (κ1) is 14.3. The smallest absolute Gasteiger partial charge is 0.173 e. The normalized spacial score (nSPS) is 12.2. The Bertz CT molecular complexity index is 547. The van der Waals surface area contributed by atoms with Crippen molar-refractivity contribution in [2.24, 2.45) is 0 Å². The summed E-state index contributed by atoms with van der Waals surface area (Å²) >= 11 is 0. The van der Waals surface area contributed by atoms with Gasteiger partial charge in [-0.1, -0.05) is 6.92 Å². The van der Waals surface area contributed by atoms with Crippen LogP contribution in [0.2, 0.25) is 0 Å². The molecule has 0 spiro atoms. The molecule has 1 atom stereocenters. The van der Waals surface area contributed by atoms with Gasteiger partial charge in [-0.25, -0.2) is 0 Å². The molecule has 0 amide bonds. The third-order valence-corrected chi connectivity index (χ3v) is 2.97. The van der Waals surface area contributed by atoms with Crippen LogP contribution in [-0.2, 0) is 0 Å². The maximum atomic E-state index is 5.27. The third-order valence-electron chi connectivity index (χ3n) is 2.97. The van der Waals surface area contributed by atoms with E-state index in [0.29, 0.717) is 11.5 Å². The number of hydrogen-bond acceptors (Lipinski definition) is 6. The van der Waals surface area contributed by atoms with Gasteiger partial charge in [-0.15, -0.1) is 5.10 Å². The van der Waals surface area contributed by atoms with E-state index in [-0.39, 0.29) is 6.04 Å². The number of tetrazole rings is 1. The van der Waals surface area contributed by atoms with Crippen molar-refractivity contribution in [2.45, 2.75) is 19.9 Å². The summed E-state index contributed by atoms with van der Waals surface area (Å²) < 4.78 is 12.2. The van der Waals surface area contributed by atoms with Gasteiger partial charge in [0.2, 0.25) is 0 Å². The minimum atomic E-state index is 0.0483. The predicted octanol–water partition coefficient (Wildman–Crippen LogP) is 1.35. The summed E-state index contributed by atoms with van der Waals surface area (Å²) in [5.74, 6) is 2.12. The van der Waals surface area contributed by atoms with Gasteiger partial charge in [0, 0.05) is 18.2 Å². The second-order valence-electron chi connectivity index (χ2n) is 4.30. The number of nitrogens with zero attached hydrogens (tertiary/aromatic N) is 4. The number of ether oxygens (including phenoxy) is 2. The highest BCUT2D eigenvalue weighted by molar-refractivity contribution is 5.46. The predicted molar refractivity (Wildman–Crippen MR) is 74.3 cm³/mol. The summed E-state index contributed by atoms with van der Waals surface area (Å²) in [4.78, 5) is 0. The summed E-state index contributed by atoms with van der Waals surface area (Å²) in [5, 5.41) is 15.2. The van der Waals surface area contributed by atoms with Crippen LogP contribution in [0.25, 0.3) is 5.69 Å². The molecule has 1 aromatic carbocycles. The highest BCUT2D eigenvalue weighted by Crippen LogP contribution is 2.25. The van der Waals surface area contributed by atoms with E-state index in [1.807, 2.05) is 26.0 Å². The van der Waals surface area contributed by atoms with Crippen LogP contribution >= 0.6 is 0 Å². The lowest BCUT2D eigenvalue weighted by atomic mass is 10.2. The minimum absolute atomic E-state index is 0.0483. The highest BCUT2D eigenvalue weighted by Gasteiger charge is 2.16. The first-order chi connectivity index (χ1) is 9.69. The first-order valence-corrected chi connectivity index (χ1v) is 6.44. The van der Waals surface area contributed by atoms with Crippen molar-refractivity contribution in [1.29, 1.82) is 0 Å². The molecule has 0 saturated heterocycles. The van der Waals surface area contributed by atoms with Crippen LogP contribution in [0, 0.1) is 0 Å². The number of aromatic nitrogens is 4. The van der Waals surface area contributed by atoms with E-state index in [4.69, 9.17) is 9.47 Å². The van der Waals surface area contributed by atoms with E-state index in [1.54, 1.807) is 25.0 Å². The Balaban J connectivity index is 2.43. The van der Waals surface area contributed by atoms with Gasteiger partial charge in [-0.05, 0) is 23.9 Å². The summed E-state index contributed by atoms with van der Waals surface area (Å²) in [6, 6.07) is 5.58. The second-order valence-corrected chi connectivity index (χ2v) is 4.30. The molecular formula is C13H19N5O2. The molecule has 0 radical (unpaired) electrons. The monoisotopic (exact) mass is 277 g/mol. The molecule has 108 valence electrons. The van der Waals surface area contributed by atoms with Gasteiger partial charge in [0.05, 0.1) is 25.9 Å². The molecule has 2 rings (SSSR count). The fourth-order valence-corrected chi connectivity index (χ4v) is 1.96. The van der Waals surface area contributed by atoms with E-state index in [2.05, 4.69) is 20.8 Å².